The van der Waals surface area contributed by atoms with E-state index in [0.717, 1.165) is 15.8 Å². The number of carbonyl (C=O) groups excluding carboxylic acids is 2. The number of hydrogen-bond donors (Lipinski definition) is 3. The Morgan fingerprint density at radius 3 is 2.52 bits per heavy atom. The molecule has 2 amide bonds. The van der Waals surface area contributed by atoms with Crippen molar-refractivity contribution in [2.24, 2.45) is 0 Å². The minimum atomic E-state index is -0.180. The van der Waals surface area contributed by atoms with Gasteiger partial charge in [0, 0.05) is 11.6 Å². The van der Waals surface area contributed by atoms with Gasteiger partial charge in [-0.25, -0.2) is 0 Å². The lowest BCUT2D eigenvalue weighted by atomic mass is 10.1. The van der Waals surface area contributed by atoms with Crippen LogP contribution in [0.1, 0.15) is 32.4 Å². The molecule has 6 nitrogen and oxygen atoms in total. The highest BCUT2D eigenvalue weighted by atomic mass is 79.9. The number of nitrogens with two attached hydrogens (primary N) is 1. The Balaban J connectivity index is 2.40. The molecule has 0 bridgehead atoms. The van der Waals surface area contributed by atoms with Crippen LogP contribution in [0.15, 0.2) is 22.7 Å². The fraction of sp³-hybridized carbons (Fsp3) is 0.500. The summed E-state index contributed by atoms with van der Waals surface area (Å²) < 4.78 is 6.08. The van der Waals surface area contributed by atoms with Gasteiger partial charge in [-0.05, 0) is 54.9 Å². The summed E-state index contributed by atoms with van der Waals surface area (Å²) in [7, 11) is 1.62. The third-order valence-electron chi connectivity index (χ3n) is 3.25. The van der Waals surface area contributed by atoms with Crippen molar-refractivity contribution in [1.29, 1.82) is 0 Å². The lowest BCUT2D eigenvalue weighted by Crippen LogP contribution is -2.87. The lowest BCUT2D eigenvalue weighted by molar-refractivity contribution is -0.682. The number of rotatable bonds is 8. The Bertz CT molecular complexity index is 549. The second-order valence-electron chi connectivity index (χ2n) is 5.62. The van der Waals surface area contributed by atoms with Gasteiger partial charge in [0.1, 0.15) is 11.8 Å². The summed E-state index contributed by atoms with van der Waals surface area (Å²) in [6.07, 6.45) is 0. The number of ether oxygens (including phenoxy) is 1. The van der Waals surface area contributed by atoms with E-state index in [-0.39, 0.29) is 37.0 Å². The minimum Gasteiger partial charge on any atom is -0.496 e. The average Bonchev–Trinajstić information content (AvgIpc) is 2.49. The molecule has 0 aromatic heterocycles. The predicted molar refractivity (Wildman–Crippen MR) is 92.2 cm³/mol. The van der Waals surface area contributed by atoms with Gasteiger partial charge in [0.05, 0.1) is 18.1 Å². The van der Waals surface area contributed by atoms with Crippen molar-refractivity contribution < 1.29 is 19.6 Å². The van der Waals surface area contributed by atoms with Crippen LogP contribution in [0.2, 0.25) is 0 Å². The van der Waals surface area contributed by atoms with Crippen LogP contribution in [-0.2, 0) is 9.59 Å². The monoisotopic (exact) mass is 386 g/mol. The quantitative estimate of drug-likeness (QED) is 0.615. The van der Waals surface area contributed by atoms with E-state index in [4.69, 9.17) is 4.74 Å². The zero-order chi connectivity index (χ0) is 17.4. The number of methoxy groups -OCH3 is 1. The molecule has 1 aromatic carbocycles. The molecule has 0 aliphatic heterocycles. The number of hydrogen-bond acceptors (Lipinski definition) is 3. The summed E-state index contributed by atoms with van der Waals surface area (Å²) >= 11 is 3.45. The molecule has 128 valence electrons. The van der Waals surface area contributed by atoms with E-state index in [1.165, 1.54) is 0 Å². The number of nitrogens with one attached hydrogen (secondary N) is 2. The summed E-state index contributed by atoms with van der Waals surface area (Å²) in [6.45, 7) is 6.05. The van der Waals surface area contributed by atoms with E-state index < -0.39 is 0 Å². The van der Waals surface area contributed by atoms with Crippen LogP contribution in [0.4, 0.5) is 0 Å². The van der Waals surface area contributed by atoms with E-state index in [0.29, 0.717) is 0 Å². The summed E-state index contributed by atoms with van der Waals surface area (Å²) in [5.41, 5.74) is 1.09. The fourth-order valence-electron chi connectivity index (χ4n) is 2.01. The maximum Gasteiger partial charge on any atom is 0.275 e. The van der Waals surface area contributed by atoms with Gasteiger partial charge < -0.3 is 20.7 Å². The molecule has 0 aliphatic carbocycles. The summed E-state index contributed by atoms with van der Waals surface area (Å²) in [4.78, 5) is 23.2. The molecule has 4 N–H and O–H groups in total. The number of benzene rings is 1. The molecule has 0 fully saturated rings. The average molecular weight is 387 g/mol. The van der Waals surface area contributed by atoms with Crippen LogP contribution in [0.5, 0.6) is 5.75 Å². The first-order valence-electron chi connectivity index (χ1n) is 7.56. The third kappa shape index (κ3) is 7.00. The van der Waals surface area contributed by atoms with Crippen LogP contribution in [-0.4, -0.2) is 38.1 Å². The molecule has 23 heavy (non-hydrogen) atoms. The molecule has 0 saturated heterocycles. The second kappa shape index (κ2) is 9.52. The Morgan fingerprint density at radius 2 is 1.96 bits per heavy atom. The molecule has 0 heterocycles. The molecule has 7 heteroatoms. The van der Waals surface area contributed by atoms with Crippen molar-refractivity contribution in [2.45, 2.75) is 32.9 Å². The number of quaternary nitrogens is 1. The van der Waals surface area contributed by atoms with Gasteiger partial charge in [0.2, 0.25) is 5.91 Å². The zero-order valence-electron chi connectivity index (χ0n) is 14.0. The predicted octanol–water partition coefficient (Wildman–Crippen LogP) is 0.723. The highest BCUT2D eigenvalue weighted by Crippen LogP contribution is 2.26. The number of amides is 2. The van der Waals surface area contributed by atoms with Gasteiger partial charge in [0.15, 0.2) is 6.54 Å². The lowest BCUT2D eigenvalue weighted by Gasteiger charge is -2.13. The van der Waals surface area contributed by atoms with Gasteiger partial charge in [-0.15, -0.1) is 0 Å². The summed E-state index contributed by atoms with van der Waals surface area (Å²) in [5.74, 6) is 0.429. The normalized spacial score (nSPS) is 11.9. The number of halogens is 1. The molecule has 0 spiro atoms. The molecule has 1 aromatic rings. The Hall–Kier alpha value is -1.60. The fourth-order valence-corrected chi connectivity index (χ4v) is 2.57. The van der Waals surface area contributed by atoms with Crippen molar-refractivity contribution >= 4 is 27.7 Å². The maximum atomic E-state index is 11.8. The zero-order valence-corrected chi connectivity index (χ0v) is 15.6. The van der Waals surface area contributed by atoms with Crippen molar-refractivity contribution in [3.63, 3.8) is 0 Å². The highest BCUT2D eigenvalue weighted by Gasteiger charge is 2.14. The second-order valence-corrected chi connectivity index (χ2v) is 6.48. The van der Waals surface area contributed by atoms with Gasteiger partial charge >= 0.3 is 0 Å². The van der Waals surface area contributed by atoms with E-state index in [1.54, 1.807) is 7.11 Å². The van der Waals surface area contributed by atoms with Crippen molar-refractivity contribution in [3.8, 4) is 5.75 Å². The third-order valence-corrected chi connectivity index (χ3v) is 3.87. The molecule has 1 rings (SSSR count). The van der Waals surface area contributed by atoms with Crippen LogP contribution in [0.3, 0.4) is 0 Å². The smallest absolute Gasteiger partial charge is 0.275 e. The van der Waals surface area contributed by atoms with Crippen molar-refractivity contribution in [1.82, 2.24) is 10.6 Å². The van der Waals surface area contributed by atoms with Crippen molar-refractivity contribution in [2.75, 3.05) is 20.2 Å². The van der Waals surface area contributed by atoms with Crippen LogP contribution >= 0.6 is 15.9 Å². The first-order chi connectivity index (χ1) is 10.8. The standard InChI is InChI=1S/C16H24BrN3O3/c1-10(2)20-16(22)9-19-15(21)8-18-11(3)12-5-6-14(23-4)13(17)7-12/h5-7,10-11,18H,8-9H2,1-4H3,(H,19,21)(H,20,22)/p+1/t11-/m0/s1. The minimum absolute atomic E-state index is 0.00726. The first-order valence-corrected chi connectivity index (χ1v) is 8.35. The Morgan fingerprint density at radius 1 is 1.26 bits per heavy atom. The van der Waals surface area contributed by atoms with E-state index in [1.807, 2.05) is 44.3 Å². The van der Waals surface area contributed by atoms with E-state index in [9.17, 15) is 9.59 Å². The molecule has 0 aliphatic rings. The van der Waals surface area contributed by atoms with Crippen LogP contribution < -0.4 is 20.7 Å². The molecular weight excluding hydrogens is 362 g/mol. The molecule has 0 saturated carbocycles. The SMILES string of the molecule is COc1ccc([C@H](C)[NH2+]CC(=O)NCC(=O)NC(C)C)cc1Br. The Labute approximate surface area is 145 Å². The maximum absolute atomic E-state index is 11.8. The van der Waals surface area contributed by atoms with Gasteiger partial charge in [-0.1, -0.05) is 0 Å². The van der Waals surface area contributed by atoms with E-state index >= 15 is 0 Å². The molecule has 1 atom stereocenters. The highest BCUT2D eigenvalue weighted by molar-refractivity contribution is 9.10. The Kier molecular flexibility index (Phi) is 8.05. The van der Waals surface area contributed by atoms with Gasteiger partial charge in [0.25, 0.3) is 5.91 Å². The van der Waals surface area contributed by atoms with Crippen molar-refractivity contribution in [3.05, 3.63) is 28.2 Å². The van der Waals surface area contributed by atoms with Gasteiger partial charge in [-0.3, -0.25) is 9.59 Å². The topological polar surface area (TPSA) is 84.0 Å². The number of carbonyl (C=O) groups is 2. The molecular formula is C16H25BrN3O3+. The van der Waals surface area contributed by atoms with Gasteiger partial charge in [-0.2, -0.15) is 0 Å². The molecule has 0 unspecified atom stereocenters. The first kappa shape index (κ1) is 19.4. The summed E-state index contributed by atoms with van der Waals surface area (Å²) in [6, 6.07) is 6.03. The largest absolute Gasteiger partial charge is 0.496 e. The molecule has 0 radical (unpaired) electrons. The van der Waals surface area contributed by atoms with Crippen LogP contribution in [0, 0.1) is 0 Å². The summed E-state index contributed by atoms with van der Waals surface area (Å²) in [5, 5.41) is 7.26. The van der Waals surface area contributed by atoms with E-state index in [2.05, 4.69) is 26.6 Å². The van der Waals surface area contributed by atoms with Crippen LogP contribution in [0.25, 0.3) is 0 Å².